The standard InChI is InChI=1S/C37H45N5O6/c1-37(2,3)48-36(46)39-31(22-25-9-5-4-6-10-25)32(43)24-28(35(45)40-34-30-12-8-7-11-27(30)23-33(34)44)21-26-13-15-29(16-14-26)47-20-19-42-18-17-38-41-42/h4-18,28,31-34,43-44H,19-24H2,1-3H3,(H,39,46)(H,40,45)/t28-,31+,32+,33-,34+/m1/s1. The van der Waals surface area contributed by atoms with Crippen LogP contribution < -0.4 is 15.4 Å². The maximum absolute atomic E-state index is 14.0. The Morgan fingerprint density at radius 2 is 1.69 bits per heavy atom. The number of nitrogens with zero attached hydrogens (tertiary/aromatic N) is 3. The van der Waals surface area contributed by atoms with Crippen LogP contribution in [0, 0.1) is 5.92 Å². The van der Waals surface area contributed by atoms with Gasteiger partial charge in [-0.15, -0.1) is 5.10 Å². The lowest BCUT2D eigenvalue weighted by molar-refractivity contribution is -0.127. The lowest BCUT2D eigenvalue weighted by Gasteiger charge is -2.29. The Bertz CT molecular complexity index is 1610. The van der Waals surface area contributed by atoms with Crippen molar-refractivity contribution in [2.75, 3.05) is 6.61 Å². The van der Waals surface area contributed by atoms with E-state index in [0.29, 0.717) is 38.2 Å². The third-order valence-corrected chi connectivity index (χ3v) is 8.33. The highest BCUT2D eigenvalue weighted by molar-refractivity contribution is 5.80. The van der Waals surface area contributed by atoms with E-state index in [-0.39, 0.29) is 12.3 Å². The van der Waals surface area contributed by atoms with Gasteiger partial charge in [0.25, 0.3) is 0 Å². The summed E-state index contributed by atoms with van der Waals surface area (Å²) in [6, 6.07) is 23.4. The molecular formula is C37H45N5O6. The van der Waals surface area contributed by atoms with Gasteiger partial charge in [0.1, 0.15) is 18.0 Å². The topological polar surface area (TPSA) is 148 Å². The van der Waals surface area contributed by atoms with Crippen molar-refractivity contribution in [3.05, 3.63) is 114 Å². The van der Waals surface area contributed by atoms with E-state index in [9.17, 15) is 19.8 Å². The summed E-state index contributed by atoms with van der Waals surface area (Å²) in [5.41, 5.74) is 2.95. The maximum Gasteiger partial charge on any atom is 0.407 e. The molecule has 4 N–H and O–H groups in total. The molecule has 1 heterocycles. The number of hydrogen-bond acceptors (Lipinski definition) is 8. The summed E-state index contributed by atoms with van der Waals surface area (Å²) in [6.45, 7) is 6.30. The van der Waals surface area contributed by atoms with Crippen LogP contribution >= 0.6 is 0 Å². The molecule has 1 aliphatic carbocycles. The van der Waals surface area contributed by atoms with Gasteiger partial charge in [0, 0.05) is 18.5 Å². The zero-order chi connectivity index (χ0) is 34.1. The Morgan fingerprint density at radius 1 is 0.979 bits per heavy atom. The van der Waals surface area contributed by atoms with Crippen molar-refractivity contribution in [1.82, 2.24) is 25.6 Å². The number of aliphatic hydroxyl groups is 2. The van der Waals surface area contributed by atoms with E-state index < -0.39 is 41.9 Å². The Balaban J connectivity index is 1.33. The number of fused-ring (bicyclic) bond motifs is 1. The highest BCUT2D eigenvalue weighted by Gasteiger charge is 2.35. The molecule has 1 aromatic heterocycles. The Morgan fingerprint density at radius 3 is 2.40 bits per heavy atom. The minimum absolute atomic E-state index is 0.0553. The summed E-state index contributed by atoms with van der Waals surface area (Å²) in [5.74, 6) is -0.300. The van der Waals surface area contributed by atoms with Gasteiger partial charge >= 0.3 is 6.09 Å². The van der Waals surface area contributed by atoms with Gasteiger partial charge in [-0.25, -0.2) is 9.48 Å². The van der Waals surface area contributed by atoms with E-state index in [1.54, 1.807) is 37.8 Å². The number of alkyl carbamates (subject to hydrolysis) is 1. The molecule has 48 heavy (non-hydrogen) atoms. The molecule has 1 aliphatic rings. The van der Waals surface area contributed by atoms with E-state index in [0.717, 1.165) is 22.3 Å². The lowest BCUT2D eigenvalue weighted by Crippen LogP contribution is -2.48. The van der Waals surface area contributed by atoms with E-state index in [1.165, 1.54) is 0 Å². The normalized spacial score (nSPS) is 17.5. The Labute approximate surface area is 281 Å². The van der Waals surface area contributed by atoms with Gasteiger partial charge in [-0.05, 0) is 74.4 Å². The molecular weight excluding hydrogens is 610 g/mol. The highest BCUT2D eigenvalue weighted by Crippen LogP contribution is 2.32. The number of hydrogen-bond donors (Lipinski definition) is 4. The summed E-state index contributed by atoms with van der Waals surface area (Å²) >= 11 is 0. The van der Waals surface area contributed by atoms with Gasteiger partial charge in [-0.3, -0.25) is 4.79 Å². The molecule has 0 fully saturated rings. The third-order valence-electron chi connectivity index (χ3n) is 8.33. The molecule has 254 valence electrons. The molecule has 0 saturated heterocycles. The van der Waals surface area contributed by atoms with E-state index >= 15 is 0 Å². The van der Waals surface area contributed by atoms with Crippen LogP contribution in [0.25, 0.3) is 0 Å². The second kappa shape index (κ2) is 15.9. The fourth-order valence-corrected chi connectivity index (χ4v) is 5.98. The van der Waals surface area contributed by atoms with Crippen molar-refractivity contribution in [3.8, 4) is 5.75 Å². The van der Waals surface area contributed by atoms with Gasteiger partial charge in [0.2, 0.25) is 5.91 Å². The first kappa shape index (κ1) is 34.6. The molecule has 11 heteroatoms. The van der Waals surface area contributed by atoms with E-state index in [1.807, 2.05) is 78.9 Å². The average molecular weight is 656 g/mol. The molecule has 3 aromatic carbocycles. The number of carbonyl (C=O) groups excluding carboxylic acids is 2. The quantitative estimate of drug-likeness (QED) is 0.158. The zero-order valence-corrected chi connectivity index (χ0v) is 27.7. The molecule has 0 unspecified atom stereocenters. The molecule has 0 radical (unpaired) electrons. The van der Waals surface area contributed by atoms with Gasteiger partial charge in [-0.2, -0.15) is 0 Å². The van der Waals surface area contributed by atoms with Crippen molar-refractivity contribution in [2.45, 2.75) is 82.9 Å². The molecule has 2 amide bonds. The number of benzene rings is 3. The summed E-state index contributed by atoms with van der Waals surface area (Å²) in [5, 5.41) is 36.2. The first-order valence-electron chi connectivity index (χ1n) is 16.4. The summed E-state index contributed by atoms with van der Waals surface area (Å²) in [6.07, 6.45) is 2.05. The third kappa shape index (κ3) is 9.88. The van der Waals surface area contributed by atoms with Crippen LogP contribution in [0.2, 0.25) is 0 Å². The van der Waals surface area contributed by atoms with E-state index in [2.05, 4.69) is 20.9 Å². The van der Waals surface area contributed by atoms with Crippen molar-refractivity contribution < 1.29 is 29.3 Å². The number of nitrogens with one attached hydrogen (secondary N) is 2. The SMILES string of the molecule is CC(C)(C)OC(=O)N[C@@H](Cc1ccccc1)[C@@H](O)C[C@@H](Cc1ccc(OCCn2ccnn2)cc1)C(=O)N[C@H]1c2ccccc2C[C@H]1O. The molecule has 5 atom stereocenters. The monoisotopic (exact) mass is 655 g/mol. The van der Waals surface area contributed by atoms with Crippen LogP contribution in [0.3, 0.4) is 0 Å². The molecule has 0 saturated carbocycles. The van der Waals surface area contributed by atoms with Crippen LogP contribution in [0.4, 0.5) is 4.79 Å². The highest BCUT2D eigenvalue weighted by atomic mass is 16.6. The predicted octanol–water partition coefficient (Wildman–Crippen LogP) is 4.18. The molecule has 4 aromatic rings. The number of aliphatic hydroxyl groups excluding tert-OH is 2. The second-order valence-corrected chi connectivity index (χ2v) is 13.3. The largest absolute Gasteiger partial charge is 0.492 e. The molecule has 0 aliphatic heterocycles. The number of amides is 2. The maximum atomic E-state index is 14.0. The summed E-state index contributed by atoms with van der Waals surface area (Å²) in [7, 11) is 0. The van der Waals surface area contributed by atoms with Crippen LogP contribution in [0.5, 0.6) is 5.75 Å². The predicted molar refractivity (Wildman–Crippen MR) is 180 cm³/mol. The van der Waals surface area contributed by atoms with Gasteiger partial charge in [-0.1, -0.05) is 71.9 Å². The second-order valence-electron chi connectivity index (χ2n) is 13.3. The van der Waals surface area contributed by atoms with Crippen LogP contribution in [0.15, 0.2) is 91.3 Å². The molecule has 0 spiro atoms. The van der Waals surface area contributed by atoms with Crippen LogP contribution in [-0.4, -0.2) is 67.7 Å². The van der Waals surface area contributed by atoms with Gasteiger partial charge < -0.3 is 30.3 Å². The number of ether oxygens (including phenoxy) is 2. The van der Waals surface area contributed by atoms with Gasteiger partial charge in [0.05, 0.1) is 37.0 Å². The summed E-state index contributed by atoms with van der Waals surface area (Å²) in [4.78, 5) is 26.9. The molecule has 11 nitrogen and oxygen atoms in total. The van der Waals surface area contributed by atoms with Crippen LogP contribution in [-0.2, 0) is 35.3 Å². The van der Waals surface area contributed by atoms with Crippen molar-refractivity contribution in [1.29, 1.82) is 0 Å². The minimum atomic E-state index is -1.09. The fraction of sp³-hybridized carbons (Fsp3) is 0.405. The van der Waals surface area contributed by atoms with Crippen molar-refractivity contribution in [3.63, 3.8) is 0 Å². The smallest absolute Gasteiger partial charge is 0.407 e. The van der Waals surface area contributed by atoms with Crippen LogP contribution in [0.1, 0.15) is 55.5 Å². The Hall–Kier alpha value is -4.74. The average Bonchev–Trinajstić information content (AvgIpc) is 3.68. The number of carbonyl (C=O) groups is 2. The number of rotatable bonds is 14. The summed E-state index contributed by atoms with van der Waals surface area (Å²) < 4.78 is 13.1. The minimum Gasteiger partial charge on any atom is -0.492 e. The molecule has 5 rings (SSSR count). The fourth-order valence-electron chi connectivity index (χ4n) is 5.98. The lowest BCUT2D eigenvalue weighted by atomic mass is 9.88. The Kier molecular flexibility index (Phi) is 11.5. The zero-order valence-electron chi connectivity index (χ0n) is 27.7. The first-order chi connectivity index (χ1) is 23.0. The van der Waals surface area contributed by atoms with Gasteiger partial charge in [0.15, 0.2) is 0 Å². The molecule has 0 bridgehead atoms. The van der Waals surface area contributed by atoms with Crippen molar-refractivity contribution in [2.24, 2.45) is 5.92 Å². The van der Waals surface area contributed by atoms with E-state index in [4.69, 9.17) is 9.47 Å². The number of aromatic nitrogens is 3. The first-order valence-corrected chi connectivity index (χ1v) is 16.4. The van der Waals surface area contributed by atoms with Crippen molar-refractivity contribution >= 4 is 12.0 Å².